The molecule has 2 aromatic carbocycles. The Bertz CT molecular complexity index is 834. The predicted molar refractivity (Wildman–Crippen MR) is 97.3 cm³/mol. The van der Waals surface area contributed by atoms with E-state index in [1.165, 1.54) is 14.2 Å². The number of aryl methyl sites for hydroxylation is 1. The Balaban J connectivity index is 2.15. The molecule has 2 rings (SSSR count). The van der Waals surface area contributed by atoms with Gasteiger partial charge in [0.05, 0.1) is 14.2 Å². The first kappa shape index (κ1) is 21.1. The average Bonchev–Trinajstić information content (AvgIpc) is 2.67. The average molecular weight is 393 g/mol. The zero-order valence-corrected chi connectivity index (χ0v) is 15.6. The molecule has 28 heavy (non-hydrogen) atoms. The van der Waals surface area contributed by atoms with Crippen LogP contribution in [0.2, 0.25) is 0 Å². The smallest absolute Gasteiger partial charge is 0.323 e. The van der Waals surface area contributed by atoms with Gasteiger partial charge >= 0.3 is 5.97 Å². The van der Waals surface area contributed by atoms with Crippen LogP contribution < -0.4 is 9.47 Å². The summed E-state index contributed by atoms with van der Waals surface area (Å²) >= 11 is 0. The topological polar surface area (TPSA) is 76.1 Å². The molecule has 0 aliphatic carbocycles. The number of methoxy groups -OCH3 is 2. The first-order valence-corrected chi connectivity index (χ1v) is 8.47. The van der Waals surface area contributed by atoms with E-state index < -0.39 is 30.1 Å². The van der Waals surface area contributed by atoms with Gasteiger partial charge in [0.15, 0.2) is 0 Å². The summed E-state index contributed by atoms with van der Waals surface area (Å²) in [7, 11) is 2.96. The zero-order chi connectivity index (χ0) is 20.7. The highest BCUT2D eigenvalue weighted by atomic mass is 19.1. The minimum absolute atomic E-state index is 0.00429. The lowest BCUT2D eigenvalue weighted by Gasteiger charge is -2.21. The van der Waals surface area contributed by atoms with E-state index in [2.05, 4.69) is 0 Å². The maximum absolute atomic E-state index is 13.7. The van der Waals surface area contributed by atoms with E-state index >= 15 is 0 Å². The minimum Gasteiger partial charge on any atom is -0.497 e. The van der Waals surface area contributed by atoms with E-state index in [0.29, 0.717) is 17.1 Å². The molecule has 2 aromatic rings. The second kappa shape index (κ2) is 9.68. The number of carbonyl (C=O) groups excluding carboxylic acids is 1. The molecular formula is C20H21F2NO5. The number of carboxylic acids is 1. The molecule has 0 bridgehead atoms. The molecule has 8 heteroatoms. The van der Waals surface area contributed by atoms with Crippen LogP contribution in [0, 0.1) is 11.6 Å². The summed E-state index contributed by atoms with van der Waals surface area (Å²) in [4.78, 5) is 24.8. The molecule has 0 aromatic heterocycles. The van der Waals surface area contributed by atoms with Gasteiger partial charge in [-0.1, -0.05) is 0 Å². The number of carboxylic acid groups (broad SMARTS) is 1. The molecule has 0 fully saturated rings. The van der Waals surface area contributed by atoms with Crippen LogP contribution in [-0.4, -0.2) is 42.6 Å². The van der Waals surface area contributed by atoms with Crippen molar-refractivity contribution in [1.29, 1.82) is 0 Å². The van der Waals surface area contributed by atoms with Crippen LogP contribution in [0.25, 0.3) is 0 Å². The van der Waals surface area contributed by atoms with Crippen molar-refractivity contribution in [3.8, 4) is 11.5 Å². The van der Waals surface area contributed by atoms with Crippen molar-refractivity contribution in [1.82, 2.24) is 4.90 Å². The highest BCUT2D eigenvalue weighted by Crippen LogP contribution is 2.24. The standard InChI is InChI=1S/C20H21F2NO5/c1-27-16-7-13(8-17(10-16)28-2)11-23(12-20(25)26)19(24)6-3-14-9-15(21)4-5-18(14)22/h4-5,7-10H,3,6,11-12H2,1-2H3,(H,25,26). The Labute approximate surface area is 161 Å². The number of rotatable bonds is 9. The number of amides is 1. The van der Waals surface area contributed by atoms with Gasteiger partial charge in [0.2, 0.25) is 5.91 Å². The Kier molecular flexibility index (Phi) is 7.31. The molecule has 1 N–H and O–H groups in total. The molecule has 1 amide bonds. The lowest BCUT2D eigenvalue weighted by atomic mass is 10.1. The lowest BCUT2D eigenvalue weighted by Crippen LogP contribution is -2.35. The van der Waals surface area contributed by atoms with Gasteiger partial charge in [-0.25, -0.2) is 8.78 Å². The molecule has 0 saturated carbocycles. The second-order valence-corrected chi connectivity index (χ2v) is 6.10. The summed E-state index contributed by atoms with van der Waals surface area (Å²) in [6.07, 6.45) is -0.200. The highest BCUT2D eigenvalue weighted by molar-refractivity contribution is 5.81. The van der Waals surface area contributed by atoms with E-state index in [0.717, 1.165) is 23.1 Å². The van der Waals surface area contributed by atoms with Crippen LogP contribution in [0.5, 0.6) is 11.5 Å². The fraction of sp³-hybridized carbons (Fsp3) is 0.300. The number of halogens is 2. The van der Waals surface area contributed by atoms with Gasteiger partial charge in [-0.15, -0.1) is 0 Å². The summed E-state index contributed by atoms with van der Waals surface area (Å²) in [5.41, 5.74) is 0.675. The fourth-order valence-electron chi connectivity index (χ4n) is 2.71. The minimum atomic E-state index is -1.18. The molecule has 150 valence electrons. The van der Waals surface area contributed by atoms with Crippen molar-refractivity contribution >= 4 is 11.9 Å². The summed E-state index contributed by atoms with van der Waals surface area (Å²) < 4.78 is 37.3. The molecular weight excluding hydrogens is 372 g/mol. The van der Waals surface area contributed by atoms with E-state index in [-0.39, 0.29) is 24.9 Å². The maximum atomic E-state index is 13.7. The summed E-state index contributed by atoms with van der Waals surface area (Å²) in [6, 6.07) is 7.99. The van der Waals surface area contributed by atoms with Crippen LogP contribution in [0.1, 0.15) is 17.5 Å². The Morgan fingerprint density at radius 2 is 1.68 bits per heavy atom. The first-order chi connectivity index (χ1) is 13.3. The van der Waals surface area contributed by atoms with Gasteiger partial charge in [0, 0.05) is 19.0 Å². The Morgan fingerprint density at radius 1 is 1.04 bits per heavy atom. The van der Waals surface area contributed by atoms with Crippen molar-refractivity contribution in [3.05, 3.63) is 59.2 Å². The number of ether oxygens (including phenoxy) is 2. The van der Waals surface area contributed by atoms with Crippen LogP contribution >= 0.6 is 0 Å². The van der Waals surface area contributed by atoms with Gasteiger partial charge in [-0.2, -0.15) is 0 Å². The first-order valence-electron chi connectivity index (χ1n) is 8.47. The van der Waals surface area contributed by atoms with Crippen molar-refractivity contribution in [2.24, 2.45) is 0 Å². The van der Waals surface area contributed by atoms with Crippen molar-refractivity contribution in [2.45, 2.75) is 19.4 Å². The third-order valence-electron chi connectivity index (χ3n) is 4.08. The summed E-state index contributed by atoms with van der Waals surface area (Å²) in [6.45, 7) is -0.520. The SMILES string of the molecule is COc1cc(CN(CC(=O)O)C(=O)CCc2cc(F)ccc2F)cc(OC)c1. The molecule has 0 spiro atoms. The van der Waals surface area contributed by atoms with E-state index in [1.54, 1.807) is 18.2 Å². The van der Waals surface area contributed by atoms with Crippen LogP contribution in [0.4, 0.5) is 8.78 Å². The number of benzene rings is 2. The largest absolute Gasteiger partial charge is 0.497 e. The third-order valence-corrected chi connectivity index (χ3v) is 4.08. The number of nitrogens with zero attached hydrogens (tertiary/aromatic N) is 1. The Hall–Kier alpha value is -3.16. The monoisotopic (exact) mass is 393 g/mol. The molecule has 0 aliphatic rings. The lowest BCUT2D eigenvalue weighted by molar-refractivity contribution is -0.144. The Morgan fingerprint density at radius 3 is 2.25 bits per heavy atom. The van der Waals surface area contributed by atoms with Crippen LogP contribution in [0.15, 0.2) is 36.4 Å². The molecule has 6 nitrogen and oxygen atoms in total. The van der Waals surface area contributed by atoms with Crippen molar-refractivity contribution in [3.63, 3.8) is 0 Å². The molecule has 0 unspecified atom stereocenters. The highest BCUT2D eigenvalue weighted by Gasteiger charge is 2.19. The molecule has 0 aliphatic heterocycles. The zero-order valence-electron chi connectivity index (χ0n) is 15.6. The van der Waals surface area contributed by atoms with Gasteiger partial charge in [0.1, 0.15) is 29.7 Å². The van der Waals surface area contributed by atoms with Gasteiger partial charge < -0.3 is 19.5 Å². The normalized spacial score (nSPS) is 10.4. The van der Waals surface area contributed by atoms with Crippen LogP contribution in [0.3, 0.4) is 0 Å². The fourth-order valence-corrected chi connectivity index (χ4v) is 2.71. The summed E-state index contributed by atoms with van der Waals surface area (Å²) in [5, 5.41) is 9.13. The number of aliphatic carboxylic acids is 1. The molecule has 0 heterocycles. The van der Waals surface area contributed by atoms with Crippen LogP contribution in [-0.2, 0) is 22.6 Å². The van der Waals surface area contributed by atoms with E-state index in [9.17, 15) is 18.4 Å². The van der Waals surface area contributed by atoms with E-state index in [1.807, 2.05) is 0 Å². The van der Waals surface area contributed by atoms with E-state index in [4.69, 9.17) is 14.6 Å². The number of hydrogen-bond donors (Lipinski definition) is 1. The van der Waals surface area contributed by atoms with Crippen molar-refractivity contribution < 1.29 is 33.0 Å². The second-order valence-electron chi connectivity index (χ2n) is 6.10. The van der Waals surface area contributed by atoms with Gasteiger partial charge in [0.25, 0.3) is 0 Å². The quantitative estimate of drug-likeness (QED) is 0.709. The number of carbonyl (C=O) groups is 2. The molecule has 0 saturated heterocycles. The third kappa shape index (κ3) is 5.94. The molecule has 0 radical (unpaired) electrons. The summed E-state index contributed by atoms with van der Waals surface area (Å²) in [5.74, 6) is -1.89. The molecule has 0 atom stereocenters. The number of hydrogen-bond acceptors (Lipinski definition) is 4. The van der Waals surface area contributed by atoms with Gasteiger partial charge in [-0.3, -0.25) is 9.59 Å². The predicted octanol–water partition coefficient (Wildman–Crippen LogP) is 3.03. The van der Waals surface area contributed by atoms with Crippen molar-refractivity contribution in [2.75, 3.05) is 20.8 Å². The maximum Gasteiger partial charge on any atom is 0.323 e. The van der Waals surface area contributed by atoms with Gasteiger partial charge in [-0.05, 0) is 47.9 Å².